The summed E-state index contributed by atoms with van der Waals surface area (Å²) < 4.78 is 0. The molecule has 0 bridgehead atoms. The molecule has 1 heterocycles. The molecular weight excluding hydrogens is 190 g/mol. The van der Waals surface area contributed by atoms with Gasteiger partial charge in [0.15, 0.2) is 0 Å². The molecule has 1 fully saturated rings. The lowest BCUT2D eigenvalue weighted by atomic mass is 9.93. The van der Waals surface area contributed by atoms with Gasteiger partial charge in [0.05, 0.1) is 0 Å². The molecule has 0 spiro atoms. The van der Waals surface area contributed by atoms with Crippen LogP contribution < -0.4 is 11.1 Å². The molecule has 3 N–H and O–H groups in total. The Bertz CT molecular complexity index is 230. The Balaban J connectivity index is 2.64. The average molecular weight is 213 g/mol. The zero-order valence-corrected chi connectivity index (χ0v) is 10.0. The maximum absolute atomic E-state index is 11.1. The van der Waals surface area contributed by atoms with E-state index in [4.69, 9.17) is 5.73 Å². The second kappa shape index (κ2) is 4.94. The summed E-state index contributed by atoms with van der Waals surface area (Å²) in [5.74, 6) is -0.207. The molecular formula is C11H23N3O. The summed E-state index contributed by atoms with van der Waals surface area (Å²) in [6.45, 7) is 9.32. The van der Waals surface area contributed by atoms with Gasteiger partial charge in [-0.15, -0.1) is 0 Å². The Morgan fingerprint density at radius 3 is 2.67 bits per heavy atom. The summed E-state index contributed by atoms with van der Waals surface area (Å²) in [6, 6.07) is 0.540. The summed E-state index contributed by atoms with van der Waals surface area (Å²) in [5, 5.41) is 3.43. The maximum Gasteiger partial charge on any atom is 0.219 e. The number of nitrogens with zero attached hydrogens (tertiary/aromatic N) is 1. The van der Waals surface area contributed by atoms with Crippen molar-refractivity contribution in [3.63, 3.8) is 0 Å². The number of likely N-dealkylation sites (tertiary alicyclic amines) is 1. The maximum atomic E-state index is 11.1. The molecule has 0 radical (unpaired) electrons. The highest BCUT2D eigenvalue weighted by Crippen LogP contribution is 2.26. The lowest BCUT2D eigenvalue weighted by Crippen LogP contribution is -2.50. The summed E-state index contributed by atoms with van der Waals surface area (Å²) in [6.07, 6.45) is 1.46. The monoisotopic (exact) mass is 213 g/mol. The van der Waals surface area contributed by atoms with Crippen LogP contribution in [0.3, 0.4) is 0 Å². The number of hydrogen-bond acceptors (Lipinski definition) is 3. The van der Waals surface area contributed by atoms with E-state index in [0.29, 0.717) is 12.5 Å². The predicted octanol–water partition coefficient (Wildman–Crippen LogP) is 0.324. The fraction of sp³-hybridized carbons (Fsp3) is 0.909. The van der Waals surface area contributed by atoms with E-state index in [0.717, 1.165) is 26.1 Å². The van der Waals surface area contributed by atoms with E-state index in [-0.39, 0.29) is 11.4 Å². The van der Waals surface area contributed by atoms with Gasteiger partial charge in [0.1, 0.15) is 0 Å². The van der Waals surface area contributed by atoms with Crippen LogP contribution in [-0.2, 0) is 4.79 Å². The number of likely N-dealkylation sites (N-methyl/N-ethyl adjacent to an activating group) is 1. The van der Waals surface area contributed by atoms with Gasteiger partial charge in [0.25, 0.3) is 0 Å². The molecule has 4 heteroatoms. The van der Waals surface area contributed by atoms with Gasteiger partial charge < -0.3 is 11.1 Å². The van der Waals surface area contributed by atoms with Crippen LogP contribution in [0.15, 0.2) is 0 Å². The van der Waals surface area contributed by atoms with Gasteiger partial charge in [-0.2, -0.15) is 0 Å². The number of nitrogens with one attached hydrogen (secondary N) is 1. The molecule has 88 valence electrons. The molecule has 1 aliphatic rings. The smallest absolute Gasteiger partial charge is 0.219 e. The van der Waals surface area contributed by atoms with E-state index in [1.165, 1.54) is 0 Å². The SMILES string of the molecule is CCNC1(CC(N)=O)CCN(C(C)C)C1. The van der Waals surface area contributed by atoms with E-state index in [1.54, 1.807) is 0 Å². The number of amides is 1. The minimum Gasteiger partial charge on any atom is -0.370 e. The van der Waals surface area contributed by atoms with E-state index >= 15 is 0 Å². The predicted molar refractivity (Wildman–Crippen MR) is 61.5 cm³/mol. The fourth-order valence-electron chi connectivity index (χ4n) is 2.40. The normalized spacial score (nSPS) is 27.5. The molecule has 15 heavy (non-hydrogen) atoms. The van der Waals surface area contributed by atoms with Crippen molar-refractivity contribution in [2.24, 2.45) is 5.73 Å². The van der Waals surface area contributed by atoms with Gasteiger partial charge in [-0.05, 0) is 26.8 Å². The molecule has 0 aromatic rings. The molecule has 1 aliphatic heterocycles. The van der Waals surface area contributed by atoms with Crippen molar-refractivity contribution in [3.8, 4) is 0 Å². The number of carbonyl (C=O) groups excluding carboxylic acids is 1. The molecule has 0 aromatic carbocycles. The van der Waals surface area contributed by atoms with Gasteiger partial charge in [0, 0.05) is 31.1 Å². The van der Waals surface area contributed by atoms with Crippen LogP contribution >= 0.6 is 0 Å². The lowest BCUT2D eigenvalue weighted by Gasteiger charge is -2.30. The highest BCUT2D eigenvalue weighted by Gasteiger charge is 2.39. The first-order chi connectivity index (χ1) is 6.99. The summed E-state index contributed by atoms with van der Waals surface area (Å²) >= 11 is 0. The number of primary amides is 1. The molecule has 1 saturated heterocycles. The first-order valence-corrected chi connectivity index (χ1v) is 5.76. The van der Waals surface area contributed by atoms with Crippen LogP contribution in [0.5, 0.6) is 0 Å². The molecule has 1 rings (SSSR count). The van der Waals surface area contributed by atoms with Crippen LogP contribution in [-0.4, -0.2) is 42.0 Å². The van der Waals surface area contributed by atoms with Crippen LogP contribution in [0.2, 0.25) is 0 Å². The van der Waals surface area contributed by atoms with Crippen LogP contribution in [0.1, 0.15) is 33.6 Å². The standard InChI is InChI=1S/C11H23N3O/c1-4-13-11(7-10(12)15)5-6-14(8-11)9(2)3/h9,13H,4-8H2,1-3H3,(H2,12,15). The van der Waals surface area contributed by atoms with Crippen molar-refractivity contribution in [1.82, 2.24) is 10.2 Å². The topological polar surface area (TPSA) is 58.4 Å². The number of rotatable bonds is 5. The Hall–Kier alpha value is -0.610. The zero-order valence-electron chi connectivity index (χ0n) is 10.0. The third-order valence-electron chi connectivity index (χ3n) is 3.18. The molecule has 0 aliphatic carbocycles. The Labute approximate surface area is 92.2 Å². The average Bonchev–Trinajstić information content (AvgIpc) is 2.48. The van der Waals surface area contributed by atoms with Crippen molar-refractivity contribution in [2.45, 2.75) is 45.2 Å². The van der Waals surface area contributed by atoms with Crippen molar-refractivity contribution in [1.29, 1.82) is 0 Å². The minimum absolute atomic E-state index is 0.0785. The van der Waals surface area contributed by atoms with Gasteiger partial charge >= 0.3 is 0 Å². The largest absolute Gasteiger partial charge is 0.370 e. The third kappa shape index (κ3) is 3.18. The Morgan fingerprint density at radius 1 is 1.60 bits per heavy atom. The van der Waals surface area contributed by atoms with Gasteiger partial charge in [-0.3, -0.25) is 9.69 Å². The summed E-state index contributed by atoms with van der Waals surface area (Å²) in [4.78, 5) is 13.5. The first kappa shape index (κ1) is 12.5. The van der Waals surface area contributed by atoms with Gasteiger partial charge in [0.2, 0.25) is 5.91 Å². The van der Waals surface area contributed by atoms with Crippen molar-refractivity contribution >= 4 is 5.91 Å². The molecule has 1 unspecified atom stereocenters. The molecule has 0 saturated carbocycles. The number of hydrogen-bond donors (Lipinski definition) is 2. The quantitative estimate of drug-likeness (QED) is 0.691. The number of nitrogens with two attached hydrogens (primary N) is 1. The summed E-state index contributed by atoms with van der Waals surface area (Å²) in [5.41, 5.74) is 5.23. The highest BCUT2D eigenvalue weighted by molar-refractivity contribution is 5.75. The second-order valence-corrected chi connectivity index (χ2v) is 4.77. The fourth-order valence-corrected chi connectivity index (χ4v) is 2.40. The van der Waals surface area contributed by atoms with Gasteiger partial charge in [-0.1, -0.05) is 6.92 Å². The Kier molecular flexibility index (Phi) is 4.11. The molecule has 1 atom stereocenters. The minimum atomic E-state index is -0.207. The van der Waals surface area contributed by atoms with Crippen LogP contribution in [0.4, 0.5) is 0 Å². The molecule has 1 amide bonds. The van der Waals surface area contributed by atoms with Crippen LogP contribution in [0.25, 0.3) is 0 Å². The number of carbonyl (C=O) groups is 1. The Morgan fingerprint density at radius 2 is 2.27 bits per heavy atom. The van der Waals surface area contributed by atoms with E-state index in [9.17, 15) is 4.79 Å². The highest BCUT2D eigenvalue weighted by atomic mass is 16.1. The molecule has 4 nitrogen and oxygen atoms in total. The van der Waals surface area contributed by atoms with Crippen molar-refractivity contribution < 1.29 is 4.79 Å². The van der Waals surface area contributed by atoms with Crippen molar-refractivity contribution in [2.75, 3.05) is 19.6 Å². The van der Waals surface area contributed by atoms with Crippen LogP contribution in [0, 0.1) is 0 Å². The lowest BCUT2D eigenvalue weighted by molar-refractivity contribution is -0.119. The van der Waals surface area contributed by atoms with E-state index in [1.807, 2.05) is 0 Å². The van der Waals surface area contributed by atoms with Crippen molar-refractivity contribution in [3.05, 3.63) is 0 Å². The first-order valence-electron chi connectivity index (χ1n) is 5.76. The second-order valence-electron chi connectivity index (χ2n) is 4.77. The van der Waals surface area contributed by atoms with Gasteiger partial charge in [-0.25, -0.2) is 0 Å². The zero-order chi connectivity index (χ0) is 11.5. The van der Waals surface area contributed by atoms with E-state index in [2.05, 4.69) is 31.0 Å². The molecule has 0 aromatic heterocycles. The third-order valence-corrected chi connectivity index (χ3v) is 3.18. The summed E-state index contributed by atoms with van der Waals surface area (Å²) in [7, 11) is 0. The van der Waals surface area contributed by atoms with E-state index < -0.39 is 0 Å².